The summed E-state index contributed by atoms with van der Waals surface area (Å²) in [5, 5.41) is 16.6. The Bertz CT molecular complexity index is 309. The highest BCUT2D eigenvalue weighted by Gasteiger charge is 2.05. The molecule has 4 nitrogen and oxygen atoms in total. The molecule has 92 valence electrons. The Morgan fingerprint density at radius 3 is 2.88 bits per heavy atom. The van der Waals surface area contributed by atoms with Gasteiger partial charge in [-0.1, -0.05) is 6.92 Å². The van der Waals surface area contributed by atoms with Crippen molar-refractivity contribution in [3.8, 4) is 0 Å². The second kappa shape index (κ2) is 6.66. The third kappa shape index (κ3) is 3.94. The van der Waals surface area contributed by atoms with Gasteiger partial charge in [0.25, 0.3) is 0 Å². The van der Waals surface area contributed by atoms with E-state index in [0.717, 1.165) is 31.5 Å². The molecule has 0 radical (unpaired) electrons. The Kier molecular flexibility index (Phi) is 5.49. The summed E-state index contributed by atoms with van der Waals surface area (Å²) in [6, 6.07) is 2.58. The first-order valence-corrected chi connectivity index (χ1v) is 6.03. The summed E-state index contributed by atoms with van der Waals surface area (Å²) < 4.78 is 1.94. The predicted octanol–water partition coefficient (Wildman–Crippen LogP) is 1.23. The number of aliphatic hydroxyl groups excluding tert-OH is 1. The van der Waals surface area contributed by atoms with Gasteiger partial charge in [-0.05, 0) is 32.3 Å². The monoisotopic (exact) mass is 225 g/mol. The summed E-state index contributed by atoms with van der Waals surface area (Å²) in [5.41, 5.74) is 2.36. The average molecular weight is 225 g/mol. The second-order valence-corrected chi connectivity index (χ2v) is 4.25. The van der Waals surface area contributed by atoms with Gasteiger partial charge in [0, 0.05) is 26.2 Å². The van der Waals surface area contributed by atoms with Crippen LogP contribution in [0, 0.1) is 0 Å². The lowest BCUT2D eigenvalue weighted by molar-refractivity contribution is 0.276. The lowest BCUT2D eigenvalue weighted by Gasteiger charge is -2.12. The summed E-state index contributed by atoms with van der Waals surface area (Å²) in [7, 11) is 1.98. The fourth-order valence-corrected chi connectivity index (χ4v) is 1.69. The van der Waals surface area contributed by atoms with Crippen LogP contribution >= 0.6 is 0 Å². The molecule has 0 saturated heterocycles. The van der Waals surface area contributed by atoms with Crippen molar-refractivity contribution in [2.24, 2.45) is 7.05 Å². The van der Waals surface area contributed by atoms with Crippen LogP contribution in [0.5, 0.6) is 0 Å². The van der Waals surface area contributed by atoms with Gasteiger partial charge in [-0.3, -0.25) is 4.68 Å². The molecule has 16 heavy (non-hydrogen) atoms. The Morgan fingerprint density at radius 1 is 1.56 bits per heavy atom. The van der Waals surface area contributed by atoms with Crippen LogP contribution in [0.1, 0.15) is 38.1 Å². The quantitative estimate of drug-likeness (QED) is 0.734. The van der Waals surface area contributed by atoms with Crippen LogP contribution in [0.4, 0.5) is 0 Å². The number of hydrogen-bond donors (Lipinski definition) is 2. The van der Waals surface area contributed by atoms with Gasteiger partial charge in [0.1, 0.15) is 0 Å². The maximum Gasteiger partial charge on any atom is 0.0625 e. The van der Waals surface area contributed by atoms with E-state index >= 15 is 0 Å². The zero-order valence-corrected chi connectivity index (χ0v) is 10.5. The molecule has 0 fully saturated rings. The summed E-state index contributed by atoms with van der Waals surface area (Å²) in [6.07, 6.45) is 2.85. The maximum absolute atomic E-state index is 8.74. The molecule has 1 aromatic rings. The largest absolute Gasteiger partial charge is 0.396 e. The standard InChI is InChI=1S/C12H23N3O/c1-4-11-8-12(15(3)14-11)9-13-10(2)6-5-7-16/h8,10,13,16H,4-7,9H2,1-3H3. The topological polar surface area (TPSA) is 50.1 Å². The zero-order chi connectivity index (χ0) is 12.0. The summed E-state index contributed by atoms with van der Waals surface area (Å²) in [6.45, 7) is 5.38. The fraction of sp³-hybridized carbons (Fsp3) is 0.750. The number of aryl methyl sites for hydroxylation is 2. The molecule has 1 aromatic heterocycles. The molecule has 0 aliphatic rings. The number of aromatic nitrogens is 2. The van der Waals surface area contributed by atoms with E-state index < -0.39 is 0 Å². The molecular formula is C12H23N3O. The second-order valence-electron chi connectivity index (χ2n) is 4.25. The molecule has 4 heteroatoms. The van der Waals surface area contributed by atoms with E-state index in [1.807, 2.05) is 11.7 Å². The van der Waals surface area contributed by atoms with Crippen molar-refractivity contribution in [2.45, 2.75) is 45.7 Å². The SMILES string of the molecule is CCc1cc(CNC(C)CCCO)n(C)n1. The van der Waals surface area contributed by atoms with Gasteiger partial charge in [0.05, 0.1) is 11.4 Å². The van der Waals surface area contributed by atoms with E-state index in [1.165, 1.54) is 5.69 Å². The molecule has 0 aromatic carbocycles. The van der Waals surface area contributed by atoms with E-state index in [-0.39, 0.29) is 6.61 Å². The van der Waals surface area contributed by atoms with E-state index in [9.17, 15) is 0 Å². The lowest BCUT2D eigenvalue weighted by atomic mass is 10.2. The molecule has 0 aliphatic heterocycles. The molecule has 0 amide bonds. The van der Waals surface area contributed by atoms with Crippen LogP contribution in [0.3, 0.4) is 0 Å². The van der Waals surface area contributed by atoms with Gasteiger partial charge in [-0.2, -0.15) is 5.10 Å². The maximum atomic E-state index is 8.74. The summed E-state index contributed by atoms with van der Waals surface area (Å²) >= 11 is 0. The highest BCUT2D eigenvalue weighted by molar-refractivity contribution is 5.09. The molecule has 0 saturated carbocycles. The van der Waals surface area contributed by atoms with Crippen molar-refractivity contribution in [3.05, 3.63) is 17.5 Å². The Balaban J connectivity index is 2.38. The van der Waals surface area contributed by atoms with Gasteiger partial charge >= 0.3 is 0 Å². The lowest BCUT2D eigenvalue weighted by Crippen LogP contribution is -2.26. The van der Waals surface area contributed by atoms with Crippen molar-refractivity contribution >= 4 is 0 Å². The van der Waals surface area contributed by atoms with Crippen LogP contribution in [0.25, 0.3) is 0 Å². The van der Waals surface area contributed by atoms with Crippen LogP contribution in [0.15, 0.2) is 6.07 Å². The molecule has 1 heterocycles. The van der Waals surface area contributed by atoms with E-state index in [0.29, 0.717) is 6.04 Å². The van der Waals surface area contributed by atoms with Crippen molar-refractivity contribution < 1.29 is 5.11 Å². The van der Waals surface area contributed by atoms with E-state index in [1.54, 1.807) is 0 Å². The molecular weight excluding hydrogens is 202 g/mol. The van der Waals surface area contributed by atoms with Gasteiger partial charge < -0.3 is 10.4 Å². The minimum Gasteiger partial charge on any atom is -0.396 e. The average Bonchev–Trinajstić information content (AvgIpc) is 2.64. The Hall–Kier alpha value is -0.870. The number of aliphatic hydroxyl groups is 1. The molecule has 2 N–H and O–H groups in total. The summed E-state index contributed by atoms with van der Waals surface area (Å²) in [5.74, 6) is 0. The van der Waals surface area contributed by atoms with Crippen LogP contribution in [-0.4, -0.2) is 27.5 Å². The summed E-state index contributed by atoms with van der Waals surface area (Å²) in [4.78, 5) is 0. The Labute approximate surface area is 97.7 Å². The molecule has 0 bridgehead atoms. The highest BCUT2D eigenvalue weighted by Crippen LogP contribution is 2.04. The van der Waals surface area contributed by atoms with Gasteiger partial charge in [0.2, 0.25) is 0 Å². The number of nitrogens with zero attached hydrogens (tertiary/aromatic N) is 2. The number of rotatable bonds is 7. The predicted molar refractivity (Wildman–Crippen MR) is 65.2 cm³/mol. The van der Waals surface area contributed by atoms with Gasteiger partial charge in [-0.15, -0.1) is 0 Å². The van der Waals surface area contributed by atoms with Crippen LogP contribution < -0.4 is 5.32 Å². The normalized spacial score (nSPS) is 13.0. The number of nitrogens with one attached hydrogen (secondary N) is 1. The van der Waals surface area contributed by atoms with Crippen molar-refractivity contribution in [1.82, 2.24) is 15.1 Å². The molecule has 0 spiro atoms. The minimum atomic E-state index is 0.276. The smallest absolute Gasteiger partial charge is 0.0625 e. The van der Waals surface area contributed by atoms with E-state index in [2.05, 4.69) is 30.3 Å². The molecule has 1 atom stereocenters. The van der Waals surface area contributed by atoms with Crippen molar-refractivity contribution in [1.29, 1.82) is 0 Å². The van der Waals surface area contributed by atoms with Crippen molar-refractivity contribution in [2.75, 3.05) is 6.61 Å². The van der Waals surface area contributed by atoms with E-state index in [4.69, 9.17) is 5.11 Å². The minimum absolute atomic E-state index is 0.276. The first kappa shape index (κ1) is 13.2. The first-order chi connectivity index (χ1) is 7.67. The van der Waals surface area contributed by atoms with Gasteiger partial charge in [-0.25, -0.2) is 0 Å². The van der Waals surface area contributed by atoms with Gasteiger partial charge in [0.15, 0.2) is 0 Å². The third-order valence-corrected chi connectivity index (χ3v) is 2.82. The molecule has 1 unspecified atom stereocenters. The Morgan fingerprint density at radius 2 is 2.31 bits per heavy atom. The molecule has 1 rings (SSSR count). The van der Waals surface area contributed by atoms with Crippen LogP contribution in [-0.2, 0) is 20.0 Å². The highest BCUT2D eigenvalue weighted by atomic mass is 16.2. The number of hydrogen-bond acceptors (Lipinski definition) is 3. The van der Waals surface area contributed by atoms with Crippen molar-refractivity contribution in [3.63, 3.8) is 0 Å². The molecule has 0 aliphatic carbocycles. The van der Waals surface area contributed by atoms with Crippen LogP contribution in [0.2, 0.25) is 0 Å². The fourth-order valence-electron chi connectivity index (χ4n) is 1.69. The third-order valence-electron chi connectivity index (χ3n) is 2.82. The first-order valence-electron chi connectivity index (χ1n) is 6.03. The zero-order valence-electron chi connectivity index (χ0n) is 10.5.